The van der Waals surface area contributed by atoms with Gasteiger partial charge < -0.3 is 15.1 Å². The zero-order valence-corrected chi connectivity index (χ0v) is 14.0. The summed E-state index contributed by atoms with van der Waals surface area (Å²) >= 11 is 6.43. The molecule has 2 aromatic rings. The fourth-order valence-corrected chi connectivity index (χ4v) is 2.31. The van der Waals surface area contributed by atoms with Gasteiger partial charge in [-0.15, -0.1) is 0 Å². The lowest BCUT2D eigenvalue weighted by molar-refractivity contribution is 0.0909. The third kappa shape index (κ3) is 4.71. The van der Waals surface area contributed by atoms with Crippen molar-refractivity contribution in [2.24, 2.45) is 0 Å². The molecule has 5 nitrogen and oxygen atoms in total. The number of benzene rings is 1. The van der Waals surface area contributed by atoms with Crippen molar-refractivity contribution in [3.05, 3.63) is 56.9 Å². The summed E-state index contributed by atoms with van der Waals surface area (Å²) in [6.07, 6.45) is 0. The number of amides is 2. The molecule has 110 valence electrons. The van der Waals surface area contributed by atoms with E-state index in [1.807, 2.05) is 6.07 Å². The largest absolute Gasteiger partial charge is 0.444 e. The van der Waals surface area contributed by atoms with E-state index in [1.54, 1.807) is 30.3 Å². The van der Waals surface area contributed by atoms with Gasteiger partial charge in [0.25, 0.3) is 11.8 Å². The number of hydrogen-bond donors (Lipinski definition) is 2. The van der Waals surface area contributed by atoms with Crippen molar-refractivity contribution in [2.75, 3.05) is 13.1 Å². The number of rotatable bonds is 5. The summed E-state index contributed by atoms with van der Waals surface area (Å²) in [4.78, 5) is 23.5. The smallest absolute Gasteiger partial charge is 0.287 e. The SMILES string of the molecule is O=C(NCCNC(=O)c1ccc(Br)o1)c1cccc(Br)c1. The molecule has 0 aliphatic carbocycles. The van der Waals surface area contributed by atoms with Gasteiger partial charge in [0.2, 0.25) is 0 Å². The van der Waals surface area contributed by atoms with Gasteiger partial charge in [-0.3, -0.25) is 9.59 Å². The molecule has 1 heterocycles. The van der Waals surface area contributed by atoms with Crippen LogP contribution in [-0.4, -0.2) is 24.9 Å². The second-order valence-corrected chi connectivity index (χ2v) is 5.82. The van der Waals surface area contributed by atoms with E-state index in [0.717, 1.165) is 4.47 Å². The van der Waals surface area contributed by atoms with Crippen LogP contribution < -0.4 is 10.6 Å². The molecule has 0 fully saturated rings. The number of carbonyl (C=O) groups excluding carboxylic acids is 2. The number of carbonyl (C=O) groups is 2. The zero-order chi connectivity index (χ0) is 15.2. The molecule has 1 aromatic heterocycles. The number of halogens is 2. The van der Waals surface area contributed by atoms with Crippen LogP contribution in [0.5, 0.6) is 0 Å². The molecule has 21 heavy (non-hydrogen) atoms. The summed E-state index contributed by atoms with van der Waals surface area (Å²) in [6, 6.07) is 10.3. The van der Waals surface area contributed by atoms with E-state index in [9.17, 15) is 9.59 Å². The van der Waals surface area contributed by atoms with Crippen molar-refractivity contribution in [3.63, 3.8) is 0 Å². The van der Waals surface area contributed by atoms with Gasteiger partial charge in [0, 0.05) is 23.1 Å². The van der Waals surface area contributed by atoms with Crippen LogP contribution in [0.4, 0.5) is 0 Å². The van der Waals surface area contributed by atoms with Gasteiger partial charge >= 0.3 is 0 Å². The van der Waals surface area contributed by atoms with Gasteiger partial charge in [0.05, 0.1) is 0 Å². The number of hydrogen-bond acceptors (Lipinski definition) is 3. The monoisotopic (exact) mass is 414 g/mol. The van der Waals surface area contributed by atoms with Gasteiger partial charge in [-0.1, -0.05) is 22.0 Å². The van der Waals surface area contributed by atoms with Gasteiger partial charge in [-0.05, 0) is 46.3 Å². The fourth-order valence-electron chi connectivity index (χ4n) is 1.61. The standard InChI is InChI=1S/C14H12Br2N2O3/c15-10-3-1-2-9(8-10)13(19)17-6-7-18-14(20)11-4-5-12(16)21-11/h1-5,8H,6-7H2,(H,17,19)(H,18,20). The van der Waals surface area contributed by atoms with Crippen molar-refractivity contribution in [1.82, 2.24) is 10.6 Å². The highest BCUT2D eigenvalue weighted by Gasteiger charge is 2.10. The molecule has 1 aromatic carbocycles. The predicted molar refractivity (Wildman–Crippen MR) is 85.2 cm³/mol. The quantitative estimate of drug-likeness (QED) is 0.737. The van der Waals surface area contributed by atoms with Crippen molar-refractivity contribution < 1.29 is 14.0 Å². The second kappa shape index (κ2) is 7.42. The van der Waals surface area contributed by atoms with E-state index >= 15 is 0 Å². The van der Waals surface area contributed by atoms with Gasteiger partial charge in [-0.25, -0.2) is 0 Å². The Morgan fingerprint density at radius 2 is 1.71 bits per heavy atom. The molecule has 2 N–H and O–H groups in total. The lowest BCUT2D eigenvalue weighted by Crippen LogP contribution is -2.34. The maximum atomic E-state index is 11.8. The summed E-state index contributed by atoms with van der Waals surface area (Å²) in [5.74, 6) is -0.288. The summed E-state index contributed by atoms with van der Waals surface area (Å²) in [7, 11) is 0. The summed E-state index contributed by atoms with van der Waals surface area (Å²) in [5.41, 5.74) is 0.561. The molecule has 0 aliphatic rings. The van der Waals surface area contributed by atoms with Gasteiger partial charge in [-0.2, -0.15) is 0 Å². The normalized spacial score (nSPS) is 10.2. The maximum absolute atomic E-state index is 11.8. The molecule has 2 rings (SSSR count). The highest BCUT2D eigenvalue weighted by molar-refractivity contribution is 9.10. The minimum atomic E-state index is -0.322. The molecule has 0 unspecified atom stereocenters. The van der Waals surface area contributed by atoms with Crippen molar-refractivity contribution in [1.29, 1.82) is 0 Å². The first-order valence-electron chi connectivity index (χ1n) is 6.13. The zero-order valence-electron chi connectivity index (χ0n) is 10.9. The molecule has 0 aliphatic heterocycles. The first-order valence-corrected chi connectivity index (χ1v) is 7.72. The van der Waals surface area contributed by atoms with Gasteiger partial charge in [0.1, 0.15) is 0 Å². The second-order valence-electron chi connectivity index (χ2n) is 4.13. The third-order valence-electron chi connectivity index (χ3n) is 2.58. The molecule has 0 atom stereocenters. The van der Waals surface area contributed by atoms with Crippen LogP contribution in [0.3, 0.4) is 0 Å². The van der Waals surface area contributed by atoms with Crippen LogP contribution in [0, 0.1) is 0 Å². The number of nitrogens with one attached hydrogen (secondary N) is 2. The van der Waals surface area contributed by atoms with E-state index in [4.69, 9.17) is 4.42 Å². The molecule has 0 saturated carbocycles. The van der Waals surface area contributed by atoms with Crippen LogP contribution in [0.1, 0.15) is 20.9 Å². The summed E-state index contributed by atoms with van der Waals surface area (Å²) < 4.78 is 6.45. The maximum Gasteiger partial charge on any atom is 0.287 e. The topological polar surface area (TPSA) is 71.3 Å². The Bertz CT molecular complexity index is 655. The van der Waals surface area contributed by atoms with Crippen LogP contribution >= 0.6 is 31.9 Å². The van der Waals surface area contributed by atoms with Crippen molar-refractivity contribution >= 4 is 43.7 Å². The Balaban J connectivity index is 1.75. The Hall–Kier alpha value is -1.60. The number of furan rings is 1. The molecular weight excluding hydrogens is 404 g/mol. The Morgan fingerprint density at radius 3 is 2.33 bits per heavy atom. The first-order chi connectivity index (χ1) is 10.1. The van der Waals surface area contributed by atoms with E-state index in [1.165, 1.54) is 0 Å². The van der Waals surface area contributed by atoms with E-state index in [0.29, 0.717) is 23.3 Å². The molecule has 2 amide bonds. The van der Waals surface area contributed by atoms with Crippen molar-refractivity contribution in [2.45, 2.75) is 0 Å². The van der Waals surface area contributed by atoms with Gasteiger partial charge in [0.15, 0.2) is 10.4 Å². The molecule has 0 saturated heterocycles. The minimum Gasteiger partial charge on any atom is -0.444 e. The van der Waals surface area contributed by atoms with Crippen LogP contribution in [0.15, 0.2) is 50.0 Å². The van der Waals surface area contributed by atoms with E-state index in [2.05, 4.69) is 42.5 Å². The molecule has 0 bridgehead atoms. The molecule has 0 spiro atoms. The average Bonchev–Trinajstić information content (AvgIpc) is 2.90. The van der Waals surface area contributed by atoms with E-state index in [-0.39, 0.29) is 17.6 Å². The van der Waals surface area contributed by atoms with Crippen molar-refractivity contribution in [3.8, 4) is 0 Å². The molecule has 0 radical (unpaired) electrons. The van der Waals surface area contributed by atoms with Crippen LogP contribution in [0.2, 0.25) is 0 Å². The Morgan fingerprint density at radius 1 is 1.00 bits per heavy atom. The Labute approximate surface area is 138 Å². The molecular formula is C14H12Br2N2O3. The highest BCUT2D eigenvalue weighted by Crippen LogP contribution is 2.13. The Kier molecular flexibility index (Phi) is 5.58. The molecule has 7 heteroatoms. The van der Waals surface area contributed by atoms with Crippen LogP contribution in [0.25, 0.3) is 0 Å². The summed E-state index contributed by atoms with van der Waals surface area (Å²) in [5, 5.41) is 5.38. The third-order valence-corrected chi connectivity index (χ3v) is 3.50. The highest BCUT2D eigenvalue weighted by atomic mass is 79.9. The predicted octanol–water partition coefficient (Wildman–Crippen LogP) is 2.96. The first kappa shape index (κ1) is 15.8. The minimum absolute atomic E-state index is 0.189. The van der Waals surface area contributed by atoms with Crippen LogP contribution in [-0.2, 0) is 0 Å². The lowest BCUT2D eigenvalue weighted by atomic mass is 10.2. The fraction of sp³-hybridized carbons (Fsp3) is 0.143. The van der Waals surface area contributed by atoms with E-state index < -0.39 is 0 Å². The summed E-state index contributed by atoms with van der Waals surface area (Å²) in [6.45, 7) is 0.649. The lowest BCUT2D eigenvalue weighted by Gasteiger charge is -2.06. The average molecular weight is 416 g/mol.